The van der Waals surface area contributed by atoms with Crippen molar-refractivity contribution < 1.29 is 0 Å². The number of para-hydroxylation sites is 1. The fraction of sp³-hybridized carbons (Fsp3) is 0.108. The minimum absolute atomic E-state index is 0.0690. The number of rotatable bonds is 10. The Kier molecular flexibility index (Phi) is 11.7. The maximum Gasteiger partial charge on any atom is 0.0777 e. The van der Waals surface area contributed by atoms with Gasteiger partial charge in [0.25, 0.3) is 0 Å². The van der Waals surface area contributed by atoms with E-state index in [1.165, 1.54) is 77.5 Å². The van der Waals surface area contributed by atoms with Gasteiger partial charge in [0.05, 0.1) is 24.9 Å². The van der Waals surface area contributed by atoms with E-state index in [1.54, 1.807) is 0 Å². The lowest BCUT2D eigenvalue weighted by Crippen LogP contribution is -2.38. The van der Waals surface area contributed by atoms with E-state index in [0.717, 1.165) is 45.3 Å². The molecule has 3 heteroatoms. The van der Waals surface area contributed by atoms with Crippen molar-refractivity contribution in [2.45, 2.75) is 51.2 Å². The molecular weight excluding hydrogens is 945 g/mol. The van der Waals surface area contributed by atoms with Crippen molar-refractivity contribution in [1.82, 2.24) is 0 Å². The summed E-state index contributed by atoms with van der Waals surface area (Å²) >= 11 is 0. The van der Waals surface area contributed by atoms with E-state index in [9.17, 15) is 0 Å². The van der Waals surface area contributed by atoms with Crippen molar-refractivity contribution in [1.29, 1.82) is 0 Å². The molecule has 0 unspecified atom stereocenters. The Bertz CT molecular complexity index is 3950. The molecular formula is C74H62N2Si. The summed E-state index contributed by atoms with van der Waals surface area (Å²) in [5.74, 6) is 0. The maximum absolute atomic E-state index is 2.55. The molecule has 0 bridgehead atoms. The predicted octanol–water partition coefficient (Wildman–Crippen LogP) is 19.8. The zero-order valence-electron chi connectivity index (χ0n) is 44.8. The molecule has 0 aromatic heterocycles. The van der Waals surface area contributed by atoms with Gasteiger partial charge in [-0.25, -0.2) is 0 Å². The van der Waals surface area contributed by atoms with Crippen molar-refractivity contribution in [2.24, 2.45) is 0 Å². The van der Waals surface area contributed by atoms with Gasteiger partial charge in [0.15, 0.2) is 0 Å². The van der Waals surface area contributed by atoms with E-state index in [4.69, 9.17) is 0 Å². The second kappa shape index (κ2) is 18.8. The number of hydrogen-bond donors (Lipinski definition) is 0. The lowest BCUT2D eigenvalue weighted by Gasteiger charge is -2.36. The van der Waals surface area contributed by atoms with E-state index >= 15 is 0 Å². The van der Waals surface area contributed by atoms with Crippen molar-refractivity contribution in [2.75, 3.05) is 9.80 Å². The minimum Gasteiger partial charge on any atom is -0.310 e. The van der Waals surface area contributed by atoms with Crippen LogP contribution in [-0.2, 0) is 10.8 Å². The summed E-state index contributed by atoms with van der Waals surface area (Å²) in [5, 5.41) is 1.37. The first-order valence-corrected chi connectivity index (χ1v) is 30.7. The third-order valence-electron chi connectivity index (χ3n) is 16.2. The standard InChI is InChI=1S/C74H62N2Si/c1-73(2,3)56-30-23-33-59(47-56)76(58-42-40-52(41-43-58)55-29-22-28-54(46-55)51-24-10-7-11-25-51)71-50-61(77(4,5)6)49-70(72(71)53-26-12-8-13-27-53)75(57-31-14-9-15-32-57)60-44-45-69-65(48-60)64-36-18-21-39-68(64)74(69)66-37-19-16-34-62(66)63-35-17-20-38-67(63)74/h7-50H,1-6H3. The Morgan fingerprint density at radius 2 is 0.714 bits per heavy atom. The summed E-state index contributed by atoms with van der Waals surface area (Å²) in [6, 6.07) is 99.9. The Morgan fingerprint density at radius 3 is 1.26 bits per heavy atom. The van der Waals surface area contributed by atoms with Crippen molar-refractivity contribution in [3.63, 3.8) is 0 Å². The van der Waals surface area contributed by atoms with Crippen LogP contribution in [0.3, 0.4) is 0 Å². The summed E-state index contributed by atoms with van der Waals surface area (Å²) in [6.45, 7) is 14.4. The van der Waals surface area contributed by atoms with Crippen molar-refractivity contribution >= 4 is 47.4 Å². The molecule has 372 valence electrons. The molecule has 2 aliphatic carbocycles. The molecule has 0 fully saturated rings. The summed E-state index contributed by atoms with van der Waals surface area (Å²) in [6.07, 6.45) is 0. The summed E-state index contributed by atoms with van der Waals surface area (Å²) in [7, 11) is -2.05. The highest BCUT2D eigenvalue weighted by Gasteiger charge is 2.51. The molecule has 13 rings (SSSR count). The molecule has 0 N–H and O–H groups in total. The van der Waals surface area contributed by atoms with Gasteiger partial charge in [-0.15, -0.1) is 0 Å². The zero-order valence-corrected chi connectivity index (χ0v) is 45.8. The van der Waals surface area contributed by atoms with Gasteiger partial charge in [-0.1, -0.05) is 246 Å². The second-order valence-corrected chi connectivity index (χ2v) is 28.0. The van der Waals surface area contributed by atoms with Crippen LogP contribution in [0.5, 0.6) is 0 Å². The molecule has 0 heterocycles. The highest BCUT2D eigenvalue weighted by molar-refractivity contribution is 6.88. The van der Waals surface area contributed by atoms with Crippen LogP contribution in [0.1, 0.15) is 48.6 Å². The molecule has 77 heavy (non-hydrogen) atoms. The summed E-state index contributed by atoms with van der Waals surface area (Å²) in [5.41, 5.74) is 25.1. The predicted molar refractivity (Wildman–Crippen MR) is 330 cm³/mol. The first-order chi connectivity index (χ1) is 37.5. The van der Waals surface area contributed by atoms with E-state index in [0.29, 0.717) is 0 Å². The number of fused-ring (bicyclic) bond motifs is 10. The SMILES string of the molecule is CC(C)(C)c1cccc(N(c2ccc(-c3cccc(-c4ccccc4)c3)cc2)c2cc([Si](C)(C)C)cc(N(c3ccccc3)c3ccc4c(c3)-c3ccccc3C43c4ccccc4-c4ccccc43)c2-c2ccccc2)c1. The van der Waals surface area contributed by atoms with Crippen LogP contribution in [0.25, 0.3) is 55.6 Å². The van der Waals surface area contributed by atoms with Gasteiger partial charge in [-0.05, 0) is 150 Å². The molecule has 0 aliphatic heterocycles. The molecule has 0 amide bonds. The van der Waals surface area contributed by atoms with Gasteiger partial charge >= 0.3 is 0 Å². The third kappa shape index (κ3) is 8.16. The van der Waals surface area contributed by atoms with E-state index in [1.807, 2.05) is 0 Å². The largest absolute Gasteiger partial charge is 0.310 e. The highest BCUT2D eigenvalue weighted by Crippen LogP contribution is 2.63. The van der Waals surface area contributed by atoms with Crippen LogP contribution in [0.4, 0.5) is 34.1 Å². The van der Waals surface area contributed by atoms with Gasteiger partial charge in [-0.2, -0.15) is 0 Å². The Morgan fingerprint density at radius 1 is 0.312 bits per heavy atom. The van der Waals surface area contributed by atoms with Crippen LogP contribution in [0, 0.1) is 0 Å². The number of nitrogens with zero attached hydrogens (tertiary/aromatic N) is 2. The smallest absolute Gasteiger partial charge is 0.0777 e. The van der Waals surface area contributed by atoms with Crippen LogP contribution >= 0.6 is 0 Å². The maximum atomic E-state index is 2.55. The van der Waals surface area contributed by atoms with Gasteiger partial charge in [-0.3, -0.25) is 0 Å². The number of hydrogen-bond acceptors (Lipinski definition) is 2. The fourth-order valence-corrected chi connectivity index (χ4v) is 13.5. The van der Waals surface area contributed by atoms with Gasteiger partial charge in [0.2, 0.25) is 0 Å². The summed E-state index contributed by atoms with van der Waals surface area (Å²) < 4.78 is 0. The molecule has 2 nitrogen and oxygen atoms in total. The highest BCUT2D eigenvalue weighted by atomic mass is 28.3. The third-order valence-corrected chi connectivity index (χ3v) is 18.2. The van der Waals surface area contributed by atoms with Crippen molar-refractivity contribution in [3.8, 4) is 55.6 Å². The molecule has 11 aromatic carbocycles. The number of anilines is 6. The monoisotopic (exact) mass is 1010 g/mol. The average Bonchev–Trinajstić information content (AvgIpc) is 4.17. The molecule has 1 spiro atoms. The quantitative estimate of drug-likeness (QED) is 0.126. The lowest BCUT2D eigenvalue weighted by atomic mass is 9.70. The molecule has 0 saturated heterocycles. The van der Waals surface area contributed by atoms with E-state index in [-0.39, 0.29) is 5.41 Å². The zero-order chi connectivity index (χ0) is 52.5. The molecule has 0 atom stereocenters. The van der Waals surface area contributed by atoms with Crippen LogP contribution < -0.4 is 15.0 Å². The second-order valence-electron chi connectivity index (χ2n) is 22.9. The lowest BCUT2D eigenvalue weighted by molar-refractivity contribution is 0.590. The minimum atomic E-state index is -2.05. The van der Waals surface area contributed by atoms with Crippen LogP contribution in [0.2, 0.25) is 19.6 Å². The van der Waals surface area contributed by atoms with Gasteiger partial charge in [0.1, 0.15) is 0 Å². The van der Waals surface area contributed by atoms with Crippen molar-refractivity contribution in [3.05, 3.63) is 295 Å². The topological polar surface area (TPSA) is 6.48 Å². The molecule has 11 aromatic rings. The normalized spacial score (nSPS) is 12.9. The van der Waals surface area contributed by atoms with Gasteiger partial charge in [0, 0.05) is 28.3 Å². The van der Waals surface area contributed by atoms with Crippen LogP contribution in [-0.4, -0.2) is 8.07 Å². The van der Waals surface area contributed by atoms with Crippen LogP contribution in [0.15, 0.2) is 267 Å². The Balaban J connectivity index is 1.06. The van der Waals surface area contributed by atoms with Gasteiger partial charge < -0.3 is 9.80 Å². The van der Waals surface area contributed by atoms with E-state index in [2.05, 4.69) is 317 Å². The fourth-order valence-electron chi connectivity index (χ4n) is 12.4. The average molecular weight is 1010 g/mol. The Hall–Kier alpha value is -8.76. The first-order valence-electron chi connectivity index (χ1n) is 27.2. The molecule has 0 saturated carbocycles. The first kappa shape index (κ1) is 47.9. The molecule has 2 aliphatic rings. The number of benzene rings is 11. The Labute approximate surface area is 456 Å². The molecule has 0 radical (unpaired) electrons. The summed E-state index contributed by atoms with van der Waals surface area (Å²) in [4.78, 5) is 5.09. The van der Waals surface area contributed by atoms with E-state index < -0.39 is 13.5 Å².